The van der Waals surface area contributed by atoms with Gasteiger partial charge in [-0.3, -0.25) is 4.79 Å². The van der Waals surface area contributed by atoms with Gasteiger partial charge in [-0.2, -0.15) is 0 Å². The van der Waals surface area contributed by atoms with E-state index in [0.717, 1.165) is 44.1 Å². The zero-order valence-corrected chi connectivity index (χ0v) is 17.0. The number of nitrogens with one attached hydrogen (secondary N) is 1. The van der Waals surface area contributed by atoms with Crippen LogP contribution in [0.4, 0.5) is 9.18 Å². The summed E-state index contributed by atoms with van der Waals surface area (Å²) in [4.78, 5) is 28.1. The monoisotopic (exact) mass is 403 g/mol. The van der Waals surface area contributed by atoms with Gasteiger partial charge < -0.3 is 19.9 Å². The highest BCUT2D eigenvalue weighted by atomic mass is 19.1. The van der Waals surface area contributed by atoms with E-state index < -0.39 is 0 Å². The predicted octanol–water partition coefficient (Wildman–Crippen LogP) is 3.06. The summed E-state index contributed by atoms with van der Waals surface area (Å²) in [5.74, 6) is -0.0852. The van der Waals surface area contributed by atoms with E-state index in [-0.39, 0.29) is 30.0 Å². The van der Waals surface area contributed by atoms with Crippen molar-refractivity contribution in [2.24, 2.45) is 0 Å². The zero-order chi connectivity index (χ0) is 20.4. The van der Waals surface area contributed by atoms with Crippen LogP contribution >= 0.6 is 0 Å². The van der Waals surface area contributed by atoms with Gasteiger partial charge in [0.2, 0.25) is 5.91 Å². The lowest BCUT2D eigenvalue weighted by molar-refractivity contribution is -0.138. The van der Waals surface area contributed by atoms with Crippen LogP contribution in [0, 0.1) is 5.82 Å². The molecule has 1 aromatic rings. The molecule has 0 saturated carbocycles. The summed E-state index contributed by atoms with van der Waals surface area (Å²) >= 11 is 0. The van der Waals surface area contributed by atoms with E-state index in [9.17, 15) is 14.0 Å². The minimum Gasteiger partial charge on any atom is -0.375 e. The van der Waals surface area contributed by atoms with E-state index in [4.69, 9.17) is 4.74 Å². The second-order valence-corrected chi connectivity index (χ2v) is 8.51. The first-order valence-corrected chi connectivity index (χ1v) is 10.7. The number of carbonyl (C=O) groups is 2. The third kappa shape index (κ3) is 4.71. The maximum Gasteiger partial charge on any atom is 0.317 e. The Labute approximate surface area is 171 Å². The standard InChI is InChI=1S/C22H30FN3O3/c1-15(27)26-18-6-7-19(26)13-21(12-18)29-20-8-10-25(11-9-20)22(28)24-14-16-2-4-17(23)5-3-16/h2-5,18-21H,6-14H2,1H3,(H,24,28)/t18-,19+,21?. The van der Waals surface area contributed by atoms with Gasteiger partial charge in [-0.15, -0.1) is 0 Å². The lowest BCUT2D eigenvalue weighted by Gasteiger charge is -2.40. The number of hydrogen-bond acceptors (Lipinski definition) is 3. The Morgan fingerprint density at radius 3 is 2.24 bits per heavy atom. The van der Waals surface area contributed by atoms with Crippen molar-refractivity contribution in [2.45, 2.75) is 76.3 Å². The molecular weight excluding hydrogens is 373 g/mol. The Kier molecular flexibility index (Phi) is 6.04. The molecule has 1 aromatic carbocycles. The third-order valence-corrected chi connectivity index (χ3v) is 6.52. The number of ether oxygens (including phenoxy) is 1. The van der Waals surface area contributed by atoms with Gasteiger partial charge in [0.1, 0.15) is 5.82 Å². The number of amides is 3. The van der Waals surface area contributed by atoms with Crippen LogP contribution in [0.1, 0.15) is 51.0 Å². The average Bonchev–Trinajstić information content (AvgIpc) is 2.99. The Morgan fingerprint density at radius 1 is 1.03 bits per heavy atom. The van der Waals surface area contributed by atoms with Crippen molar-refractivity contribution in [2.75, 3.05) is 13.1 Å². The molecule has 1 unspecified atom stereocenters. The molecule has 6 nitrogen and oxygen atoms in total. The molecule has 3 aliphatic rings. The maximum absolute atomic E-state index is 13.0. The molecular formula is C22H30FN3O3. The number of likely N-dealkylation sites (tertiary alicyclic amines) is 1. The van der Waals surface area contributed by atoms with Crippen LogP contribution in [0.3, 0.4) is 0 Å². The summed E-state index contributed by atoms with van der Waals surface area (Å²) < 4.78 is 19.3. The van der Waals surface area contributed by atoms with Crippen LogP contribution in [-0.2, 0) is 16.1 Å². The Balaban J connectivity index is 1.19. The van der Waals surface area contributed by atoms with E-state index in [0.29, 0.717) is 31.7 Å². The van der Waals surface area contributed by atoms with Crippen LogP contribution < -0.4 is 5.32 Å². The summed E-state index contributed by atoms with van der Waals surface area (Å²) in [6.45, 7) is 3.43. The topological polar surface area (TPSA) is 61.9 Å². The third-order valence-electron chi connectivity index (χ3n) is 6.52. The SMILES string of the molecule is CC(=O)N1[C@@H]2CC[C@H]1CC(OC1CCN(C(=O)NCc3ccc(F)cc3)CC1)C2. The number of fused-ring (bicyclic) bond motifs is 2. The quantitative estimate of drug-likeness (QED) is 0.841. The number of halogens is 1. The second-order valence-electron chi connectivity index (χ2n) is 8.51. The fraction of sp³-hybridized carbons (Fsp3) is 0.636. The van der Waals surface area contributed by atoms with Crippen molar-refractivity contribution >= 4 is 11.9 Å². The Hall–Kier alpha value is -2.15. The molecule has 3 amide bonds. The molecule has 2 bridgehead atoms. The average molecular weight is 403 g/mol. The van der Waals surface area contributed by atoms with Crippen LogP contribution in [0.2, 0.25) is 0 Å². The van der Waals surface area contributed by atoms with Gasteiger partial charge in [0, 0.05) is 38.6 Å². The number of urea groups is 1. The molecule has 3 aliphatic heterocycles. The number of piperidine rings is 2. The molecule has 3 fully saturated rings. The zero-order valence-electron chi connectivity index (χ0n) is 17.0. The molecule has 29 heavy (non-hydrogen) atoms. The number of rotatable bonds is 4. The lowest BCUT2D eigenvalue weighted by atomic mass is 9.98. The highest BCUT2D eigenvalue weighted by Crippen LogP contribution is 2.37. The molecule has 0 radical (unpaired) electrons. The van der Waals surface area contributed by atoms with Crippen LogP contribution in [-0.4, -0.2) is 59.1 Å². The maximum atomic E-state index is 13.0. The largest absolute Gasteiger partial charge is 0.375 e. The fourth-order valence-corrected chi connectivity index (χ4v) is 5.11. The van der Waals surface area contributed by atoms with Gasteiger partial charge in [0.15, 0.2) is 0 Å². The van der Waals surface area contributed by atoms with Gasteiger partial charge in [-0.05, 0) is 56.2 Å². The second kappa shape index (κ2) is 8.69. The van der Waals surface area contributed by atoms with Crippen molar-refractivity contribution < 1.29 is 18.7 Å². The lowest BCUT2D eigenvalue weighted by Crippen LogP contribution is -2.50. The van der Waals surface area contributed by atoms with Crippen molar-refractivity contribution in [3.05, 3.63) is 35.6 Å². The summed E-state index contributed by atoms with van der Waals surface area (Å²) in [7, 11) is 0. The van der Waals surface area contributed by atoms with Crippen LogP contribution in [0.5, 0.6) is 0 Å². The van der Waals surface area contributed by atoms with E-state index in [1.165, 1.54) is 12.1 Å². The van der Waals surface area contributed by atoms with Crippen molar-refractivity contribution in [1.29, 1.82) is 0 Å². The highest BCUT2D eigenvalue weighted by molar-refractivity contribution is 5.74. The Morgan fingerprint density at radius 2 is 1.66 bits per heavy atom. The van der Waals surface area contributed by atoms with Crippen LogP contribution in [0.25, 0.3) is 0 Å². The minimum absolute atomic E-state index is 0.0828. The number of nitrogens with zero attached hydrogens (tertiary/aromatic N) is 2. The van der Waals surface area contributed by atoms with E-state index in [2.05, 4.69) is 10.2 Å². The Bertz CT molecular complexity index is 719. The smallest absolute Gasteiger partial charge is 0.317 e. The minimum atomic E-state index is -0.276. The first-order valence-electron chi connectivity index (χ1n) is 10.7. The van der Waals surface area contributed by atoms with Gasteiger partial charge in [-0.25, -0.2) is 9.18 Å². The normalized spacial score (nSPS) is 27.2. The molecule has 0 aromatic heterocycles. The van der Waals surface area contributed by atoms with Gasteiger partial charge in [-0.1, -0.05) is 12.1 Å². The molecule has 7 heteroatoms. The van der Waals surface area contributed by atoms with E-state index in [1.54, 1.807) is 19.1 Å². The molecule has 3 saturated heterocycles. The summed E-state index contributed by atoms with van der Waals surface area (Å²) in [5, 5.41) is 2.91. The fourth-order valence-electron chi connectivity index (χ4n) is 5.11. The summed E-state index contributed by atoms with van der Waals surface area (Å²) in [5.41, 5.74) is 0.879. The number of benzene rings is 1. The van der Waals surface area contributed by atoms with Crippen molar-refractivity contribution in [3.8, 4) is 0 Å². The van der Waals surface area contributed by atoms with E-state index >= 15 is 0 Å². The molecule has 3 atom stereocenters. The molecule has 0 aliphatic carbocycles. The van der Waals surface area contributed by atoms with Crippen LogP contribution in [0.15, 0.2) is 24.3 Å². The van der Waals surface area contributed by atoms with Gasteiger partial charge in [0.05, 0.1) is 12.2 Å². The van der Waals surface area contributed by atoms with Gasteiger partial charge >= 0.3 is 6.03 Å². The predicted molar refractivity (Wildman–Crippen MR) is 107 cm³/mol. The highest BCUT2D eigenvalue weighted by Gasteiger charge is 2.43. The molecule has 0 spiro atoms. The summed E-state index contributed by atoms with van der Waals surface area (Å²) in [6, 6.07) is 6.76. The van der Waals surface area contributed by atoms with E-state index in [1.807, 2.05) is 4.90 Å². The van der Waals surface area contributed by atoms with Crippen molar-refractivity contribution in [3.63, 3.8) is 0 Å². The molecule has 4 rings (SSSR count). The molecule has 3 heterocycles. The number of hydrogen-bond donors (Lipinski definition) is 1. The molecule has 1 N–H and O–H groups in total. The van der Waals surface area contributed by atoms with Crippen molar-refractivity contribution in [1.82, 2.24) is 15.1 Å². The van der Waals surface area contributed by atoms with Gasteiger partial charge in [0.25, 0.3) is 0 Å². The summed E-state index contributed by atoms with van der Waals surface area (Å²) in [6.07, 6.45) is 6.16. The molecule has 158 valence electrons. The number of carbonyl (C=O) groups excluding carboxylic acids is 2. The first-order chi connectivity index (χ1) is 14.0. The first kappa shape index (κ1) is 20.1.